The summed E-state index contributed by atoms with van der Waals surface area (Å²) < 4.78 is 37.9. The number of anilines is 2. The number of nitrogens with one attached hydrogen (secondary N) is 1. The van der Waals surface area contributed by atoms with E-state index < -0.39 is 22.0 Å². The van der Waals surface area contributed by atoms with Crippen molar-refractivity contribution in [3.63, 3.8) is 0 Å². The summed E-state index contributed by atoms with van der Waals surface area (Å²) in [6, 6.07) is 8.90. The Labute approximate surface area is 193 Å². The first-order valence-corrected chi connectivity index (χ1v) is 12.2. The number of carbonyl (C=O) groups is 2. The number of hydrogen-bond donors (Lipinski definition) is 1. The van der Waals surface area contributed by atoms with Gasteiger partial charge in [0, 0.05) is 38.2 Å². The molecule has 2 amide bonds. The lowest BCUT2D eigenvalue weighted by Crippen LogP contribution is -2.44. The van der Waals surface area contributed by atoms with E-state index >= 15 is 0 Å². The fourth-order valence-corrected chi connectivity index (χ4v) is 5.95. The number of nitrogens with zero attached hydrogens (tertiary/aromatic N) is 2. The molecule has 2 aromatic carbocycles. The summed E-state index contributed by atoms with van der Waals surface area (Å²) in [6.45, 7) is 2.40. The van der Waals surface area contributed by atoms with Gasteiger partial charge in [0.25, 0.3) is 0 Å². The maximum absolute atomic E-state index is 13.2. The van der Waals surface area contributed by atoms with Crippen LogP contribution in [0.25, 0.3) is 0 Å². The number of ether oxygens (including phenoxy) is 2. The van der Waals surface area contributed by atoms with Crippen LogP contribution in [0.4, 0.5) is 11.4 Å². The molecule has 176 valence electrons. The van der Waals surface area contributed by atoms with Crippen molar-refractivity contribution < 1.29 is 27.5 Å². The molecule has 33 heavy (non-hydrogen) atoms. The van der Waals surface area contributed by atoms with Crippen LogP contribution in [0.2, 0.25) is 0 Å². The molecular weight excluding hydrogens is 446 g/mol. The van der Waals surface area contributed by atoms with Crippen LogP contribution in [0.15, 0.2) is 41.3 Å². The maximum atomic E-state index is 13.2. The molecule has 0 saturated carbocycles. The van der Waals surface area contributed by atoms with E-state index in [9.17, 15) is 18.0 Å². The topological polar surface area (TPSA) is 105 Å². The van der Waals surface area contributed by atoms with Crippen molar-refractivity contribution in [2.24, 2.45) is 0 Å². The first kappa shape index (κ1) is 23.1. The number of benzene rings is 2. The average Bonchev–Trinajstić information content (AvgIpc) is 3.47. The third-order valence-corrected chi connectivity index (χ3v) is 7.94. The van der Waals surface area contributed by atoms with Crippen LogP contribution in [-0.4, -0.2) is 57.9 Å². The molecule has 1 saturated heterocycles. The minimum absolute atomic E-state index is 0.185. The lowest BCUT2D eigenvalue weighted by Gasteiger charge is -2.24. The van der Waals surface area contributed by atoms with E-state index in [4.69, 9.17) is 9.47 Å². The highest BCUT2D eigenvalue weighted by Crippen LogP contribution is 2.36. The highest BCUT2D eigenvalue weighted by molar-refractivity contribution is 7.89. The number of rotatable bonds is 6. The van der Waals surface area contributed by atoms with Gasteiger partial charge in [-0.15, -0.1) is 0 Å². The Kier molecular flexibility index (Phi) is 6.31. The van der Waals surface area contributed by atoms with Gasteiger partial charge in [0.05, 0.1) is 24.8 Å². The van der Waals surface area contributed by atoms with E-state index in [1.54, 1.807) is 30.3 Å². The highest BCUT2D eigenvalue weighted by Gasteiger charge is 2.38. The summed E-state index contributed by atoms with van der Waals surface area (Å²) >= 11 is 0. The van der Waals surface area contributed by atoms with Gasteiger partial charge in [0.15, 0.2) is 0 Å². The molecule has 1 N–H and O–H groups in total. The van der Waals surface area contributed by atoms with Gasteiger partial charge in [-0.3, -0.25) is 14.5 Å². The molecule has 1 fully saturated rings. The molecule has 0 radical (unpaired) electrons. The van der Waals surface area contributed by atoms with E-state index in [0.29, 0.717) is 41.5 Å². The van der Waals surface area contributed by atoms with Crippen LogP contribution < -0.4 is 19.7 Å². The first-order valence-electron chi connectivity index (χ1n) is 10.7. The summed E-state index contributed by atoms with van der Waals surface area (Å²) in [6.07, 6.45) is 1.90. The average molecular weight is 474 g/mol. The van der Waals surface area contributed by atoms with Gasteiger partial charge in [0.1, 0.15) is 17.5 Å². The zero-order chi connectivity index (χ0) is 23.8. The standard InChI is InChI=1S/C23H27N3O6S/c1-15(27)26-20-9-7-18(33(29,30)25-10-4-5-11-25)12-16(20)13-21(26)23(28)24-19-8-6-17(31-2)14-22(19)32-3/h6-9,12,14,21H,4-5,10-11,13H2,1-3H3,(H,24,28)/t21-/m0/s1. The fraction of sp³-hybridized carbons (Fsp3) is 0.391. The Hall–Kier alpha value is -3.11. The van der Waals surface area contributed by atoms with Crippen molar-refractivity contribution in [2.45, 2.75) is 37.1 Å². The summed E-state index contributed by atoms with van der Waals surface area (Å²) in [5.41, 5.74) is 1.64. The van der Waals surface area contributed by atoms with Gasteiger partial charge >= 0.3 is 0 Å². The molecule has 0 unspecified atom stereocenters. The van der Waals surface area contributed by atoms with Crippen molar-refractivity contribution in [3.05, 3.63) is 42.0 Å². The third-order valence-electron chi connectivity index (χ3n) is 6.05. The van der Waals surface area contributed by atoms with Crippen LogP contribution in [0.5, 0.6) is 11.5 Å². The zero-order valence-corrected chi connectivity index (χ0v) is 19.6. The van der Waals surface area contributed by atoms with Gasteiger partial charge in [-0.2, -0.15) is 4.31 Å². The van der Waals surface area contributed by atoms with E-state index in [1.165, 1.54) is 36.4 Å². The molecule has 2 aliphatic heterocycles. The fourth-order valence-electron chi connectivity index (χ4n) is 4.38. The number of fused-ring (bicyclic) bond motifs is 1. The SMILES string of the molecule is COc1ccc(NC(=O)[C@@H]2Cc3cc(S(=O)(=O)N4CCCC4)ccc3N2C(C)=O)c(OC)c1. The quantitative estimate of drug-likeness (QED) is 0.691. The second kappa shape index (κ2) is 9.03. The third kappa shape index (κ3) is 4.28. The van der Waals surface area contributed by atoms with Crippen molar-refractivity contribution in [3.8, 4) is 11.5 Å². The van der Waals surface area contributed by atoms with Gasteiger partial charge in [-0.25, -0.2) is 8.42 Å². The Morgan fingerprint density at radius 2 is 1.76 bits per heavy atom. The lowest BCUT2D eigenvalue weighted by atomic mass is 10.1. The minimum atomic E-state index is -3.60. The van der Waals surface area contributed by atoms with E-state index in [-0.39, 0.29) is 17.2 Å². The van der Waals surface area contributed by atoms with Crippen molar-refractivity contribution >= 4 is 33.2 Å². The Morgan fingerprint density at radius 1 is 1.03 bits per heavy atom. The maximum Gasteiger partial charge on any atom is 0.248 e. The molecule has 0 spiro atoms. The van der Waals surface area contributed by atoms with Crippen molar-refractivity contribution in [2.75, 3.05) is 37.5 Å². The highest BCUT2D eigenvalue weighted by atomic mass is 32.2. The second-order valence-electron chi connectivity index (χ2n) is 8.07. The molecule has 1 atom stereocenters. The Bertz CT molecular complexity index is 1190. The molecule has 4 rings (SSSR count). The summed E-state index contributed by atoms with van der Waals surface area (Å²) in [4.78, 5) is 27.2. The van der Waals surface area contributed by atoms with Crippen LogP contribution in [0.1, 0.15) is 25.3 Å². The normalized spacial score (nSPS) is 18.2. The lowest BCUT2D eigenvalue weighted by molar-refractivity contribution is -0.122. The Balaban J connectivity index is 1.61. The molecule has 2 aliphatic rings. The number of methoxy groups -OCH3 is 2. The molecule has 0 aliphatic carbocycles. The van der Waals surface area contributed by atoms with Crippen LogP contribution in [0, 0.1) is 0 Å². The van der Waals surface area contributed by atoms with Crippen LogP contribution in [0.3, 0.4) is 0 Å². The molecule has 2 heterocycles. The van der Waals surface area contributed by atoms with E-state index in [0.717, 1.165) is 12.8 Å². The minimum Gasteiger partial charge on any atom is -0.497 e. The zero-order valence-electron chi connectivity index (χ0n) is 18.8. The number of amides is 2. The molecule has 0 aromatic heterocycles. The molecule has 9 nitrogen and oxygen atoms in total. The largest absolute Gasteiger partial charge is 0.497 e. The van der Waals surface area contributed by atoms with Gasteiger partial charge in [-0.05, 0) is 48.7 Å². The number of sulfonamides is 1. The van der Waals surface area contributed by atoms with E-state index in [1.807, 2.05) is 0 Å². The van der Waals surface area contributed by atoms with Crippen molar-refractivity contribution in [1.29, 1.82) is 0 Å². The first-order chi connectivity index (χ1) is 15.8. The molecular formula is C23H27N3O6S. The monoisotopic (exact) mass is 473 g/mol. The molecule has 0 bridgehead atoms. The molecule has 10 heteroatoms. The summed E-state index contributed by atoms with van der Waals surface area (Å²) in [5, 5.41) is 2.82. The van der Waals surface area contributed by atoms with E-state index in [2.05, 4.69) is 5.32 Å². The number of carbonyl (C=O) groups excluding carboxylic acids is 2. The van der Waals surface area contributed by atoms with Gasteiger partial charge in [0.2, 0.25) is 21.8 Å². The predicted octanol–water partition coefficient (Wildman–Crippen LogP) is 2.40. The van der Waals surface area contributed by atoms with Crippen LogP contribution in [-0.2, 0) is 26.0 Å². The Morgan fingerprint density at radius 3 is 2.39 bits per heavy atom. The summed E-state index contributed by atoms with van der Waals surface area (Å²) in [5.74, 6) is 0.307. The molecule has 2 aromatic rings. The second-order valence-corrected chi connectivity index (χ2v) is 10.0. The smallest absolute Gasteiger partial charge is 0.248 e. The van der Waals surface area contributed by atoms with Gasteiger partial charge < -0.3 is 14.8 Å². The summed E-state index contributed by atoms with van der Waals surface area (Å²) in [7, 11) is -0.579. The van der Waals surface area contributed by atoms with Crippen molar-refractivity contribution in [1.82, 2.24) is 4.31 Å². The van der Waals surface area contributed by atoms with Crippen LogP contribution >= 0.6 is 0 Å². The predicted molar refractivity (Wildman–Crippen MR) is 123 cm³/mol. The number of hydrogen-bond acceptors (Lipinski definition) is 6. The van der Waals surface area contributed by atoms with Gasteiger partial charge in [-0.1, -0.05) is 0 Å².